The summed E-state index contributed by atoms with van der Waals surface area (Å²) in [6.07, 6.45) is 6.28. The Morgan fingerprint density at radius 3 is 1.84 bits per heavy atom. The third-order valence-electron chi connectivity index (χ3n) is 9.75. The molecule has 0 aliphatic heterocycles. The van der Waals surface area contributed by atoms with E-state index in [9.17, 15) is 0 Å². The van der Waals surface area contributed by atoms with Gasteiger partial charge in [-0.15, -0.1) is 0 Å². The van der Waals surface area contributed by atoms with E-state index in [1.165, 1.54) is 83.0 Å². The molecular formula is C50H43N. The van der Waals surface area contributed by atoms with Crippen molar-refractivity contribution in [1.82, 2.24) is 4.57 Å². The molecular weight excluding hydrogens is 615 g/mol. The lowest BCUT2D eigenvalue weighted by Gasteiger charge is -2.13. The minimum atomic E-state index is 1.16. The van der Waals surface area contributed by atoms with Crippen LogP contribution in [0.1, 0.15) is 34.9 Å². The number of aromatic nitrogens is 1. The summed E-state index contributed by atoms with van der Waals surface area (Å²) in [6, 6.07) is 56.2. The SMILES string of the molecule is C=Cc1c(/C=C\C)n(-c2ccccc2)c2ccc(C)c(-c3ccccc3C)c12.Cc1ccc(-c2ccc(-c3cccc4ccccc34)cc2)cc1. The van der Waals surface area contributed by atoms with Crippen LogP contribution in [0.25, 0.3) is 72.9 Å². The Morgan fingerprint density at radius 1 is 0.529 bits per heavy atom. The molecule has 0 radical (unpaired) electrons. The minimum absolute atomic E-state index is 1.16. The molecule has 1 heteroatoms. The van der Waals surface area contributed by atoms with Crippen LogP contribution in [0.3, 0.4) is 0 Å². The molecule has 51 heavy (non-hydrogen) atoms. The molecule has 0 spiro atoms. The van der Waals surface area contributed by atoms with Crippen molar-refractivity contribution in [3.63, 3.8) is 0 Å². The molecule has 0 saturated heterocycles. The first-order valence-corrected chi connectivity index (χ1v) is 17.7. The molecule has 0 N–H and O–H groups in total. The molecule has 8 aromatic rings. The van der Waals surface area contributed by atoms with E-state index in [0.717, 1.165) is 5.69 Å². The van der Waals surface area contributed by atoms with Gasteiger partial charge in [0.25, 0.3) is 0 Å². The number of fused-ring (bicyclic) bond motifs is 2. The van der Waals surface area contributed by atoms with Gasteiger partial charge in [-0.3, -0.25) is 0 Å². The Kier molecular flexibility index (Phi) is 9.63. The Bertz CT molecular complexity index is 2490. The standard InChI is InChI=1S/C27H25N.C23H18/c1-5-12-24-22(6-2)27-25(28(24)21-14-8-7-9-15-21)18-17-20(4)26(27)23-16-11-10-13-19(23)3;1-17-9-11-18(12-10-17)19-13-15-21(16-14-19)23-8-4-6-20-5-2-3-7-22(20)23/h5-18H,2H2,1,3-4H3;2-16H,1H3/b12-5-;. The van der Waals surface area contributed by atoms with Crippen molar-refractivity contribution in [3.8, 4) is 39.1 Å². The lowest BCUT2D eigenvalue weighted by atomic mass is 9.91. The maximum absolute atomic E-state index is 4.17. The van der Waals surface area contributed by atoms with Gasteiger partial charge in [-0.05, 0) is 107 Å². The molecule has 1 heterocycles. The van der Waals surface area contributed by atoms with Gasteiger partial charge in [0.05, 0.1) is 11.2 Å². The smallest absolute Gasteiger partial charge is 0.0547 e. The summed E-state index contributed by atoms with van der Waals surface area (Å²) >= 11 is 0. The fourth-order valence-electron chi connectivity index (χ4n) is 7.18. The van der Waals surface area contributed by atoms with Crippen molar-refractivity contribution in [3.05, 3.63) is 198 Å². The van der Waals surface area contributed by atoms with Gasteiger partial charge in [-0.25, -0.2) is 0 Å². The fraction of sp³-hybridized carbons (Fsp3) is 0.0800. The summed E-state index contributed by atoms with van der Waals surface area (Å²) in [5.74, 6) is 0. The number of para-hydroxylation sites is 1. The van der Waals surface area contributed by atoms with Gasteiger partial charge in [-0.2, -0.15) is 0 Å². The number of hydrogen-bond acceptors (Lipinski definition) is 0. The predicted molar refractivity (Wildman–Crippen MR) is 223 cm³/mol. The largest absolute Gasteiger partial charge is 0.309 e. The average molecular weight is 658 g/mol. The second-order valence-electron chi connectivity index (χ2n) is 13.1. The molecule has 248 valence electrons. The van der Waals surface area contributed by atoms with E-state index in [4.69, 9.17) is 0 Å². The van der Waals surface area contributed by atoms with Crippen LogP contribution >= 0.6 is 0 Å². The van der Waals surface area contributed by atoms with E-state index in [2.05, 4.69) is 209 Å². The van der Waals surface area contributed by atoms with Gasteiger partial charge in [0, 0.05) is 16.6 Å². The summed E-state index contributed by atoms with van der Waals surface area (Å²) in [5.41, 5.74) is 16.2. The Hall–Kier alpha value is -6.18. The Balaban J connectivity index is 0.000000162. The van der Waals surface area contributed by atoms with Crippen LogP contribution in [0, 0.1) is 20.8 Å². The zero-order valence-electron chi connectivity index (χ0n) is 29.9. The van der Waals surface area contributed by atoms with Gasteiger partial charge in [0.15, 0.2) is 0 Å². The van der Waals surface area contributed by atoms with Crippen molar-refractivity contribution in [1.29, 1.82) is 0 Å². The van der Waals surface area contributed by atoms with E-state index in [0.29, 0.717) is 0 Å². The molecule has 0 aliphatic carbocycles. The molecule has 1 aromatic heterocycles. The van der Waals surface area contributed by atoms with Crippen molar-refractivity contribution in [2.75, 3.05) is 0 Å². The quantitative estimate of drug-likeness (QED) is 0.168. The first-order valence-electron chi connectivity index (χ1n) is 17.7. The molecule has 0 fully saturated rings. The van der Waals surface area contributed by atoms with Crippen LogP contribution in [0.4, 0.5) is 0 Å². The topological polar surface area (TPSA) is 4.93 Å². The molecule has 0 saturated carbocycles. The van der Waals surface area contributed by atoms with E-state index < -0.39 is 0 Å². The maximum Gasteiger partial charge on any atom is 0.0547 e. The highest BCUT2D eigenvalue weighted by molar-refractivity contribution is 6.06. The highest BCUT2D eigenvalue weighted by Crippen LogP contribution is 2.41. The lowest BCUT2D eigenvalue weighted by molar-refractivity contribution is 1.10. The van der Waals surface area contributed by atoms with Crippen LogP contribution in [0.5, 0.6) is 0 Å². The van der Waals surface area contributed by atoms with Crippen molar-refractivity contribution < 1.29 is 0 Å². The second-order valence-corrected chi connectivity index (χ2v) is 13.1. The third-order valence-corrected chi connectivity index (χ3v) is 9.75. The summed E-state index contributed by atoms with van der Waals surface area (Å²) in [5, 5.41) is 3.85. The molecule has 0 bridgehead atoms. The Labute approximate surface area is 302 Å². The minimum Gasteiger partial charge on any atom is -0.309 e. The first-order chi connectivity index (χ1) is 25.0. The highest BCUT2D eigenvalue weighted by Gasteiger charge is 2.20. The van der Waals surface area contributed by atoms with E-state index in [1.807, 2.05) is 6.08 Å². The van der Waals surface area contributed by atoms with Crippen molar-refractivity contribution in [2.45, 2.75) is 27.7 Å². The Morgan fingerprint density at radius 2 is 1.14 bits per heavy atom. The molecule has 8 rings (SSSR count). The third kappa shape index (κ3) is 6.59. The van der Waals surface area contributed by atoms with Crippen molar-refractivity contribution >= 4 is 33.8 Å². The number of hydrogen-bond donors (Lipinski definition) is 0. The summed E-state index contributed by atoms with van der Waals surface area (Å²) in [7, 11) is 0. The van der Waals surface area contributed by atoms with Crippen LogP contribution in [0.15, 0.2) is 170 Å². The molecule has 0 amide bonds. The molecule has 1 nitrogen and oxygen atoms in total. The van der Waals surface area contributed by atoms with Crippen LogP contribution in [-0.4, -0.2) is 4.57 Å². The fourth-order valence-corrected chi connectivity index (χ4v) is 7.18. The molecule has 0 unspecified atom stereocenters. The lowest BCUT2D eigenvalue weighted by Crippen LogP contribution is -1.96. The maximum atomic E-state index is 4.17. The monoisotopic (exact) mass is 657 g/mol. The number of allylic oxidation sites excluding steroid dienone is 1. The number of aryl methyl sites for hydroxylation is 3. The van der Waals surface area contributed by atoms with Crippen LogP contribution in [-0.2, 0) is 0 Å². The highest BCUT2D eigenvalue weighted by atomic mass is 15.0. The zero-order chi connectivity index (χ0) is 35.3. The average Bonchev–Trinajstić information content (AvgIpc) is 3.49. The van der Waals surface area contributed by atoms with Gasteiger partial charge in [0.2, 0.25) is 0 Å². The van der Waals surface area contributed by atoms with Gasteiger partial charge in [0.1, 0.15) is 0 Å². The van der Waals surface area contributed by atoms with Crippen molar-refractivity contribution in [2.24, 2.45) is 0 Å². The molecule has 0 aliphatic rings. The summed E-state index contributed by atoms with van der Waals surface area (Å²) < 4.78 is 2.34. The summed E-state index contributed by atoms with van der Waals surface area (Å²) in [6.45, 7) is 12.7. The van der Waals surface area contributed by atoms with E-state index >= 15 is 0 Å². The molecule has 0 atom stereocenters. The van der Waals surface area contributed by atoms with Crippen LogP contribution < -0.4 is 0 Å². The van der Waals surface area contributed by atoms with E-state index in [-0.39, 0.29) is 0 Å². The second kappa shape index (κ2) is 14.7. The van der Waals surface area contributed by atoms with Gasteiger partial charge >= 0.3 is 0 Å². The normalized spacial score (nSPS) is 11.1. The summed E-state index contributed by atoms with van der Waals surface area (Å²) in [4.78, 5) is 0. The zero-order valence-corrected chi connectivity index (χ0v) is 29.9. The number of rotatable bonds is 6. The predicted octanol–water partition coefficient (Wildman–Crippen LogP) is 14.1. The number of benzene rings is 7. The van der Waals surface area contributed by atoms with Crippen LogP contribution in [0.2, 0.25) is 0 Å². The molecule has 7 aromatic carbocycles. The van der Waals surface area contributed by atoms with E-state index in [1.54, 1.807) is 0 Å². The van der Waals surface area contributed by atoms with Gasteiger partial charge in [-0.1, -0.05) is 164 Å². The van der Waals surface area contributed by atoms with Gasteiger partial charge < -0.3 is 4.57 Å². The first kappa shape index (κ1) is 33.3. The number of nitrogens with zero attached hydrogens (tertiary/aromatic N) is 1.